The summed E-state index contributed by atoms with van der Waals surface area (Å²) in [6, 6.07) is 0. The third-order valence-corrected chi connectivity index (χ3v) is 2.30. The Hall–Kier alpha value is -0.880. The van der Waals surface area contributed by atoms with Gasteiger partial charge in [0.1, 0.15) is 6.61 Å². The van der Waals surface area contributed by atoms with Crippen molar-refractivity contribution in [1.29, 1.82) is 0 Å². The summed E-state index contributed by atoms with van der Waals surface area (Å²) in [5.41, 5.74) is 0. The second-order valence-electron chi connectivity index (χ2n) is 3.86. The number of rotatable bonds is 6. The van der Waals surface area contributed by atoms with E-state index in [2.05, 4.69) is 0 Å². The van der Waals surface area contributed by atoms with Crippen LogP contribution in [-0.2, 0) is 0 Å². The van der Waals surface area contributed by atoms with Gasteiger partial charge < -0.3 is 5.11 Å². The second kappa shape index (κ2) is 4.81. The third kappa shape index (κ3) is 2.52. The molecule has 0 saturated carbocycles. The number of hydrogen-bond donors (Lipinski definition) is 1. The Morgan fingerprint density at radius 3 is 1.10 bits per heavy atom. The fraction of sp³-hybridized carbons (Fsp3) is 0.875. The van der Waals surface area contributed by atoms with Gasteiger partial charge in [0.15, 0.2) is 0 Å². The number of aliphatic hydroxyl groups excluding tert-OH is 1. The lowest BCUT2D eigenvalue weighted by molar-refractivity contribution is -0.422. The van der Waals surface area contributed by atoms with Crippen molar-refractivity contribution in [2.45, 2.75) is 35.5 Å². The van der Waals surface area contributed by atoms with E-state index in [1.54, 1.807) is 0 Å². The van der Waals surface area contributed by atoms with E-state index in [-0.39, 0.29) is 0 Å². The maximum atomic E-state index is 12.8. The molecule has 0 aromatic rings. The minimum atomic E-state index is -7.63. The molecule has 0 heterocycles. The molecule has 0 saturated heterocycles. The Kier molecular flexibility index (Phi) is 4.61. The Morgan fingerprint density at radius 1 is 0.571 bits per heavy atom. The van der Waals surface area contributed by atoms with Crippen LogP contribution in [0.4, 0.5) is 52.7 Å². The molecule has 0 fully saturated rings. The van der Waals surface area contributed by atoms with Crippen molar-refractivity contribution >= 4 is 0 Å². The van der Waals surface area contributed by atoms with E-state index in [4.69, 9.17) is 5.11 Å². The molecule has 0 aromatic heterocycles. The van der Waals surface area contributed by atoms with Crippen LogP contribution in [0.25, 0.3) is 0 Å². The zero-order valence-electron chi connectivity index (χ0n) is 9.40. The first-order valence-electron chi connectivity index (χ1n) is 4.54. The van der Waals surface area contributed by atoms with Crippen LogP contribution in [0.5, 0.6) is 0 Å². The molecule has 0 rings (SSSR count). The summed E-state index contributed by atoms with van der Waals surface area (Å²) in [6.07, 6.45) is 0. The Morgan fingerprint density at radius 2 is 0.857 bits per heavy atom. The van der Waals surface area contributed by atoms with Crippen molar-refractivity contribution in [1.82, 2.24) is 0 Å². The molecule has 21 heavy (non-hydrogen) atoms. The van der Waals surface area contributed by atoms with Crippen molar-refractivity contribution < 1.29 is 57.8 Å². The molecule has 0 aromatic carbocycles. The highest BCUT2D eigenvalue weighted by atomic mass is 19.4. The summed E-state index contributed by atoms with van der Waals surface area (Å²) < 4.78 is 150. The molecule has 0 aliphatic carbocycles. The van der Waals surface area contributed by atoms with E-state index in [0.29, 0.717) is 0 Å². The zero-order valence-corrected chi connectivity index (χ0v) is 9.40. The van der Waals surface area contributed by atoms with Crippen molar-refractivity contribution in [2.24, 2.45) is 0 Å². The lowest BCUT2D eigenvalue weighted by Gasteiger charge is -2.40. The molecule has 0 unspecified atom stereocenters. The van der Waals surface area contributed by atoms with E-state index in [1.807, 2.05) is 0 Å². The lowest BCUT2D eigenvalue weighted by Crippen LogP contribution is -2.70. The smallest absolute Gasteiger partial charge is 0.384 e. The fourth-order valence-corrected chi connectivity index (χ4v) is 0.953. The predicted molar refractivity (Wildman–Crippen MR) is 42.1 cm³/mol. The van der Waals surface area contributed by atoms with E-state index >= 15 is 0 Å². The van der Waals surface area contributed by atoms with Gasteiger partial charge in [-0.25, -0.2) is 0 Å². The summed E-state index contributed by atoms with van der Waals surface area (Å²) in [5.74, 6) is -42.1. The molecule has 1 radical (unpaired) electrons. The van der Waals surface area contributed by atoms with Crippen LogP contribution in [0.3, 0.4) is 0 Å². The summed E-state index contributed by atoms with van der Waals surface area (Å²) in [7, 11) is 0. The zero-order chi connectivity index (χ0) is 17.7. The molecule has 1 N–H and O–H groups in total. The van der Waals surface area contributed by atoms with Gasteiger partial charge in [0.25, 0.3) is 0 Å². The second-order valence-corrected chi connectivity index (χ2v) is 3.86. The fourth-order valence-electron chi connectivity index (χ4n) is 0.953. The highest BCUT2D eigenvalue weighted by molar-refractivity contribution is 5.12. The minimum absolute atomic E-state index is 1.11. The monoisotopic (exact) mass is 345 g/mol. The molecule has 0 aliphatic rings. The first kappa shape index (κ1) is 20.1. The number of halogens is 12. The maximum absolute atomic E-state index is 12.8. The lowest BCUT2D eigenvalue weighted by atomic mass is 9.92. The Balaban J connectivity index is 6.14. The summed E-state index contributed by atoms with van der Waals surface area (Å²) >= 11 is 0. The molecule has 0 amide bonds. The number of hydrogen-bond acceptors (Lipinski definition) is 1. The van der Waals surface area contributed by atoms with Crippen LogP contribution in [0.15, 0.2) is 0 Å². The molecule has 0 atom stereocenters. The van der Waals surface area contributed by atoms with Crippen LogP contribution in [0, 0.1) is 6.92 Å². The third-order valence-electron chi connectivity index (χ3n) is 2.30. The topological polar surface area (TPSA) is 20.2 Å². The first-order chi connectivity index (χ1) is 8.81. The van der Waals surface area contributed by atoms with E-state index < -0.39 is 42.1 Å². The Bertz CT molecular complexity index is 381. The number of aliphatic hydroxyl groups is 1. The van der Waals surface area contributed by atoms with Gasteiger partial charge in [-0.05, 0) is 0 Å². The van der Waals surface area contributed by atoms with Crippen LogP contribution < -0.4 is 0 Å². The maximum Gasteiger partial charge on any atom is 0.384 e. The molecule has 0 aliphatic heterocycles. The van der Waals surface area contributed by atoms with Crippen molar-refractivity contribution in [3.63, 3.8) is 0 Å². The van der Waals surface area contributed by atoms with E-state index in [1.165, 1.54) is 0 Å². The van der Waals surface area contributed by atoms with Crippen molar-refractivity contribution in [3.8, 4) is 0 Å². The van der Waals surface area contributed by atoms with Crippen molar-refractivity contribution in [2.75, 3.05) is 6.61 Å². The van der Waals surface area contributed by atoms with E-state index in [0.717, 1.165) is 6.92 Å². The minimum Gasteiger partial charge on any atom is -0.390 e. The SMILES string of the molecule is [CH2]C(F)(F)C(F)(F)C(F)(F)C(F)(F)C(F)(F)C(F)(F)CO. The van der Waals surface area contributed by atoms with Crippen LogP contribution in [0.1, 0.15) is 0 Å². The first-order valence-corrected chi connectivity index (χ1v) is 4.54. The molecule has 1 nitrogen and oxygen atoms in total. The van der Waals surface area contributed by atoms with Crippen LogP contribution in [0.2, 0.25) is 0 Å². The highest BCUT2D eigenvalue weighted by Gasteiger charge is 2.89. The molecule has 13 heteroatoms. The van der Waals surface area contributed by atoms with Gasteiger partial charge in [0.2, 0.25) is 0 Å². The molecule has 0 bridgehead atoms. The summed E-state index contributed by atoms with van der Waals surface area (Å²) in [6.45, 7) is -2.02. The van der Waals surface area contributed by atoms with Crippen molar-refractivity contribution in [3.05, 3.63) is 6.92 Å². The molecular formula is C8H5F12O. The molecule has 0 spiro atoms. The van der Waals surface area contributed by atoms with Crippen LogP contribution >= 0.6 is 0 Å². The average Bonchev–Trinajstić information content (AvgIpc) is 2.26. The molecule has 127 valence electrons. The normalized spacial score (nSPS) is 16.3. The summed E-state index contributed by atoms with van der Waals surface area (Å²) in [4.78, 5) is 0. The Labute approximate surface area is 108 Å². The van der Waals surface area contributed by atoms with Gasteiger partial charge in [-0.3, -0.25) is 0 Å². The van der Waals surface area contributed by atoms with Crippen LogP contribution in [-0.4, -0.2) is 47.2 Å². The van der Waals surface area contributed by atoms with Gasteiger partial charge in [0.05, 0.1) is 0 Å². The summed E-state index contributed by atoms with van der Waals surface area (Å²) in [5, 5.41) is 7.77. The van der Waals surface area contributed by atoms with Gasteiger partial charge in [-0.2, -0.15) is 52.7 Å². The van der Waals surface area contributed by atoms with Gasteiger partial charge in [-0.1, -0.05) is 0 Å². The van der Waals surface area contributed by atoms with Gasteiger partial charge in [-0.15, -0.1) is 0 Å². The quantitative estimate of drug-likeness (QED) is 0.729. The predicted octanol–water partition coefficient (Wildman–Crippen LogP) is 3.62. The largest absolute Gasteiger partial charge is 0.390 e. The number of alkyl halides is 12. The average molecular weight is 345 g/mol. The standard InChI is InChI=1S/C8H5F12O/c1-3(9,10)5(13,14)7(17,18)8(19,20)6(15,16)4(11,12)2-21/h21H,1-2H2. The van der Waals surface area contributed by atoms with E-state index in [9.17, 15) is 52.7 Å². The van der Waals surface area contributed by atoms with Gasteiger partial charge >= 0.3 is 35.5 Å². The molecular weight excluding hydrogens is 340 g/mol. The highest BCUT2D eigenvalue weighted by Crippen LogP contribution is 2.59. The van der Waals surface area contributed by atoms with Gasteiger partial charge in [0, 0.05) is 6.92 Å².